The van der Waals surface area contributed by atoms with E-state index in [4.69, 9.17) is 4.74 Å². The van der Waals surface area contributed by atoms with Gasteiger partial charge in [0.2, 0.25) is 5.91 Å². The van der Waals surface area contributed by atoms with E-state index < -0.39 is 0 Å². The minimum Gasteiger partial charge on any atom is -0.376 e. The molecule has 98 valence electrons. The number of ether oxygens (including phenoxy) is 1. The second-order valence-corrected chi connectivity index (χ2v) is 5.26. The second-order valence-electron chi connectivity index (χ2n) is 5.26. The monoisotopic (exact) mass is 240 g/mol. The predicted octanol–water partition coefficient (Wildman–Crippen LogP) is 1.16. The first kappa shape index (κ1) is 12.8. The highest BCUT2D eigenvalue weighted by atomic mass is 16.5. The Morgan fingerprint density at radius 3 is 2.88 bits per heavy atom. The lowest BCUT2D eigenvalue weighted by molar-refractivity contribution is -0.131. The van der Waals surface area contributed by atoms with Gasteiger partial charge >= 0.3 is 0 Å². The van der Waals surface area contributed by atoms with Crippen molar-refractivity contribution in [3.8, 4) is 0 Å². The lowest BCUT2D eigenvalue weighted by Crippen LogP contribution is -2.41. The average Bonchev–Trinajstić information content (AvgIpc) is 2.83. The SMILES string of the molecule is CN(CC1CCCO1)C(=O)CC1CCCCN1. The number of nitrogens with zero attached hydrogens (tertiary/aromatic N) is 1. The Hall–Kier alpha value is -0.610. The van der Waals surface area contributed by atoms with E-state index in [0.29, 0.717) is 12.5 Å². The Morgan fingerprint density at radius 2 is 2.24 bits per heavy atom. The van der Waals surface area contributed by atoms with Crippen LogP contribution in [0.4, 0.5) is 0 Å². The second kappa shape index (κ2) is 6.36. The van der Waals surface area contributed by atoms with Crippen molar-refractivity contribution in [3.63, 3.8) is 0 Å². The zero-order valence-electron chi connectivity index (χ0n) is 10.8. The van der Waals surface area contributed by atoms with Gasteiger partial charge in [0.05, 0.1) is 6.10 Å². The van der Waals surface area contributed by atoms with Crippen molar-refractivity contribution in [2.24, 2.45) is 0 Å². The number of rotatable bonds is 4. The molecule has 0 saturated carbocycles. The van der Waals surface area contributed by atoms with Crippen LogP contribution >= 0.6 is 0 Å². The first-order valence-electron chi connectivity index (χ1n) is 6.84. The maximum absolute atomic E-state index is 12.0. The summed E-state index contributed by atoms with van der Waals surface area (Å²) < 4.78 is 5.55. The van der Waals surface area contributed by atoms with Gasteiger partial charge in [0.15, 0.2) is 0 Å². The van der Waals surface area contributed by atoms with Crippen molar-refractivity contribution in [1.82, 2.24) is 10.2 Å². The van der Waals surface area contributed by atoms with Gasteiger partial charge in [-0.25, -0.2) is 0 Å². The van der Waals surface area contributed by atoms with E-state index in [1.807, 2.05) is 11.9 Å². The number of amides is 1. The summed E-state index contributed by atoms with van der Waals surface area (Å²) in [6.45, 7) is 2.68. The minimum absolute atomic E-state index is 0.250. The fourth-order valence-corrected chi connectivity index (χ4v) is 2.66. The van der Waals surface area contributed by atoms with Gasteiger partial charge in [0.1, 0.15) is 0 Å². The maximum Gasteiger partial charge on any atom is 0.223 e. The number of piperidine rings is 1. The molecule has 17 heavy (non-hydrogen) atoms. The molecule has 2 unspecified atom stereocenters. The van der Waals surface area contributed by atoms with Crippen LogP contribution in [-0.2, 0) is 9.53 Å². The number of likely N-dealkylation sites (N-methyl/N-ethyl adjacent to an activating group) is 1. The summed E-state index contributed by atoms with van der Waals surface area (Å²) in [5.41, 5.74) is 0. The number of hydrogen-bond donors (Lipinski definition) is 1. The lowest BCUT2D eigenvalue weighted by Gasteiger charge is -2.26. The Balaban J connectivity index is 1.70. The van der Waals surface area contributed by atoms with Gasteiger partial charge < -0.3 is 15.0 Å². The molecule has 4 heteroatoms. The summed E-state index contributed by atoms with van der Waals surface area (Å²) in [7, 11) is 1.90. The van der Waals surface area contributed by atoms with Crippen molar-refractivity contribution in [1.29, 1.82) is 0 Å². The molecule has 2 aliphatic rings. The topological polar surface area (TPSA) is 41.6 Å². The summed E-state index contributed by atoms with van der Waals surface area (Å²) in [5.74, 6) is 0.250. The van der Waals surface area contributed by atoms with Gasteiger partial charge in [0.25, 0.3) is 0 Å². The number of carbonyl (C=O) groups excluding carboxylic acids is 1. The highest BCUT2D eigenvalue weighted by Crippen LogP contribution is 2.15. The van der Waals surface area contributed by atoms with Crippen molar-refractivity contribution in [2.45, 2.75) is 50.7 Å². The van der Waals surface area contributed by atoms with Crippen molar-refractivity contribution >= 4 is 5.91 Å². The molecule has 0 aromatic heterocycles. The number of carbonyl (C=O) groups is 1. The first-order chi connectivity index (χ1) is 8.25. The largest absolute Gasteiger partial charge is 0.376 e. The molecule has 4 nitrogen and oxygen atoms in total. The molecule has 1 N–H and O–H groups in total. The molecular formula is C13H24N2O2. The van der Waals surface area contributed by atoms with E-state index in [1.54, 1.807) is 0 Å². The Labute approximate surface area is 104 Å². The summed E-state index contributed by atoms with van der Waals surface area (Å²) in [4.78, 5) is 13.9. The van der Waals surface area contributed by atoms with E-state index in [0.717, 1.165) is 39.0 Å². The highest BCUT2D eigenvalue weighted by Gasteiger charge is 2.22. The summed E-state index contributed by atoms with van der Waals surface area (Å²) in [6, 6.07) is 0.392. The Kier molecular flexibility index (Phi) is 4.80. The molecule has 0 aromatic rings. The van der Waals surface area contributed by atoms with Crippen LogP contribution in [0.3, 0.4) is 0 Å². The molecule has 2 atom stereocenters. The molecule has 2 saturated heterocycles. The molecule has 0 bridgehead atoms. The van der Waals surface area contributed by atoms with Crippen LogP contribution in [0.25, 0.3) is 0 Å². The third kappa shape index (κ3) is 3.96. The zero-order valence-corrected chi connectivity index (χ0v) is 10.8. The highest BCUT2D eigenvalue weighted by molar-refractivity contribution is 5.76. The van der Waals surface area contributed by atoms with Crippen LogP contribution in [0.5, 0.6) is 0 Å². The summed E-state index contributed by atoms with van der Waals surface area (Å²) >= 11 is 0. The molecule has 2 heterocycles. The normalized spacial score (nSPS) is 29.2. The summed E-state index contributed by atoms with van der Waals surface area (Å²) in [5, 5.41) is 3.42. The molecular weight excluding hydrogens is 216 g/mol. The van der Waals surface area contributed by atoms with Crippen molar-refractivity contribution < 1.29 is 9.53 Å². The van der Waals surface area contributed by atoms with Gasteiger partial charge in [-0.15, -0.1) is 0 Å². The Morgan fingerprint density at radius 1 is 1.35 bits per heavy atom. The quantitative estimate of drug-likeness (QED) is 0.801. The third-order valence-corrected chi connectivity index (χ3v) is 3.76. The van der Waals surface area contributed by atoms with Gasteiger partial charge in [-0.1, -0.05) is 6.42 Å². The molecule has 2 rings (SSSR count). The van der Waals surface area contributed by atoms with Crippen LogP contribution in [-0.4, -0.2) is 49.7 Å². The standard InChI is InChI=1S/C13H24N2O2/c1-15(10-12-6-4-8-17-12)13(16)9-11-5-2-3-7-14-11/h11-12,14H,2-10H2,1H3. The zero-order chi connectivity index (χ0) is 12.1. The Bertz CT molecular complexity index is 246. The van der Waals surface area contributed by atoms with Gasteiger partial charge in [-0.2, -0.15) is 0 Å². The smallest absolute Gasteiger partial charge is 0.223 e. The minimum atomic E-state index is 0.250. The molecule has 1 amide bonds. The molecule has 0 spiro atoms. The van der Waals surface area contributed by atoms with Gasteiger partial charge in [-0.05, 0) is 32.2 Å². The van der Waals surface area contributed by atoms with Crippen LogP contribution in [0.15, 0.2) is 0 Å². The van der Waals surface area contributed by atoms with Crippen molar-refractivity contribution in [2.75, 3.05) is 26.7 Å². The molecule has 2 fully saturated rings. The van der Waals surface area contributed by atoms with Gasteiger partial charge in [-0.3, -0.25) is 4.79 Å². The van der Waals surface area contributed by atoms with Crippen molar-refractivity contribution in [3.05, 3.63) is 0 Å². The van der Waals surface area contributed by atoms with Crippen LogP contribution in [0.2, 0.25) is 0 Å². The molecule has 2 aliphatic heterocycles. The predicted molar refractivity (Wildman–Crippen MR) is 66.9 cm³/mol. The lowest BCUT2D eigenvalue weighted by atomic mass is 10.0. The van der Waals surface area contributed by atoms with E-state index in [1.165, 1.54) is 12.8 Å². The third-order valence-electron chi connectivity index (χ3n) is 3.76. The molecule has 0 aliphatic carbocycles. The number of nitrogens with one attached hydrogen (secondary N) is 1. The summed E-state index contributed by atoms with van der Waals surface area (Å²) in [6.07, 6.45) is 6.78. The van der Waals surface area contributed by atoms with Crippen LogP contribution < -0.4 is 5.32 Å². The van der Waals surface area contributed by atoms with E-state index in [2.05, 4.69) is 5.32 Å². The van der Waals surface area contributed by atoms with Crippen LogP contribution in [0, 0.1) is 0 Å². The van der Waals surface area contributed by atoms with E-state index >= 15 is 0 Å². The molecule has 0 aromatic carbocycles. The maximum atomic E-state index is 12.0. The fraction of sp³-hybridized carbons (Fsp3) is 0.923. The fourth-order valence-electron chi connectivity index (χ4n) is 2.66. The number of hydrogen-bond acceptors (Lipinski definition) is 3. The van der Waals surface area contributed by atoms with E-state index in [-0.39, 0.29) is 12.0 Å². The van der Waals surface area contributed by atoms with E-state index in [9.17, 15) is 4.79 Å². The first-order valence-corrected chi connectivity index (χ1v) is 6.84. The van der Waals surface area contributed by atoms with Gasteiger partial charge in [0, 0.05) is 32.7 Å². The van der Waals surface area contributed by atoms with Crippen LogP contribution in [0.1, 0.15) is 38.5 Å². The average molecular weight is 240 g/mol. The molecule has 0 radical (unpaired) electrons.